The lowest BCUT2D eigenvalue weighted by atomic mass is 9.87. The zero-order valence-corrected chi connectivity index (χ0v) is 15.6. The van der Waals surface area contributed by atoms with E-state index in [0.717, 1.165) is 16.1 Å². The second-order valence-electron chi connectivity index (χ2n) is 7.05. The molecule has 3 rings (SSSR count). The van der Waals surface area contributed by atoms with Crippen LogP contribution >= 0.6 is 0 Å². The molecule has 0 amide bonds. The fraction of sp³-hybridized carbons (Fsp3) is 0.333. The number of nitrogens with zero attached hydrogens (tertiary/aromatic N) is 2. The highest BCUT2D eigenvalue weighted by atomic mass is 32.2. The van der Waals surface area contributed by atoms with Crippen molar-refractivity contribution in [1.82, 2.24) is 4.98 Å². The van der Waals surface area contributed by atoms with Gasteiger partial charge in [-0.05, 0) is 29.2 Å². The number of sulfonamides is 1. The van der Waals surface area contributed by atoms with Crippen LogP contribution in [0.2, 0.25) is 0 Å². The maximum absolute atomic E-state index is 13.1. The average molecular weight is 376 g/mol. The van der Waals surface area contributed by atoms with Gasteiger partial charge in [-0.1, -0.05) is 32.9 Å². The molecule has 0 saturated carbocycles. The first-order chi connectivity index (χ1) is 12.1. The van der Waals surface area contributed by atoms with Crippen molar-refractivity contribution >= 4 is 21.7 Å². The zero-order chi connectivity index (χ0) is 19.1. The molecule has 2 heterocycles. The molecule has 1 aliphatic heterocycles. The molecule has 0 saturated heterocycles. The van der Waals surface area contributed by atoms with E-state index in [-0.39, 0.29) is 40.6 Å². The summed E-state index contributed by atoms with van der Waals surface area (Å²) < 4.78 is 32.7. The second kappa shape index (κ2) is 6.28. The van der Waals surface area contributed by atoms with E-state index >= 15 is 0 Å². The van der Waals surface area contributed by atoms with E-state index in [2.05, 4.69) is 4.98 Å². The van der Waals surface area contributed by atoms with Gasteiger partial charge in [0.2, 0.25) is 5.88 Å². The fourth-order valence-electron chi connectivity index (χ4n) is 2.70. The van der Waals surface area contributed by atoms with E-state index in [1.165, 1.54) is 6.07 Å². The summed E-state index contributed by atoms with van der Waals surface area (Å²) in [6, 6.07) is 7.99. The maximum atomic E-state index is 13.1. The molecule has 1 aromatic heterocycles. The lowest BCUT2D eigenvalue weighted by Crippen LogP contribution is -2.38. The van der Waals surface area contributed by atoms with Gasteiger partial charge in [-0.15, -0.1) is 0 Å². The molecule has 0 aliphatic carbocycles. The van der Waals surface area contributed by atoms with Gasteiger partial charge in [0.25, 0.3) is 10.0 Å². The second-order valence-corrected chi connectivity index (χ2v) is 8.92. The van der Waals surface area contributed by atoms with E-state index in [9.17, 15) is 13.2 Å². The molecular weight excluding hydrogens is 356 g/mol. The Morgan fingerprint density at radius 1 is 1.23 bits per heavy atom. The van der Waals surface area contributed by atoms with Crippen LogP contribution in [-0.2, 0) is 15.4 Å². The van der Waals surface area contributed by atoms with Crippen molar-refractivity contribution in [1.29, 1.82) is 0 Å². The highest BCUT2D eigenvalue weighted by molar-refractivity contribution is 7.92. The third-order valence-corrected chi connectivity index (χ3v) is 6.02. The van der Waals surface area contributed by atoms with Crippen LogP contribution in [0.3, 0.4) is 0 Å². The first kappa shape index (κ1) is 18.2. The van der Waals surface area contributed by atoms with E-state index in [0.29, 0.717) is 0 Å². The number of carboxylic acids is 1. The number of rotatable bonds is 3. The number of hydrogen-bond donors (Lipinski definition) is 1. The van der Waals surface area contributed by atoms with E-state index < -0.39 is 16.0 Å². The number of carboxylic acid groups (broad SMARTS) is 1. The predicted octanol–water partition coefficient (Wildman–Crippen LogP) is 2.67. The van der Waals surface area contributed by atoms with Gasteiger partial charge < -0.3 is 9.84 Å². The Morgan fingerprint density at radius 3 is 2.46 bits per heavy atom. The number of carbonyl (C=O) groups is 1. The summed E-state index contributed by atoms with van der Waals surface area (Å²) in [5, 5.41) is 9.15. The largest absolute Gasteiger partial charge is 0.478 e. The van der Waals surface area contributed by atoms with Gasteiger partial charge in [0.15, 0.2) is 0 Å². The first-order valence-electron chi connectivity index (χ1n) is 8.10. The van der Waals surface area contributed by atoms with Crippen molar-refractivity contribution in [2.75, 3.05) is 17.5 Å². The van der Waals surface area contributed by atoms with Gasteiger partial charge in [-0.2, -0.15) is 0 Å². The molecule has 0 fully saturated rings. The van der Waals surface area contributed by atoms with E-state index in [1.807, 2.05) is 20.8 Å². The average Bonchev–Trinajstić information content (AvgIpc) is 2.60. The van der Waals surface area contributed by atoms with Gasteiger partial charge in [0, 0.05) is 6.20 Å². The molecule has 1 aliphatic rings. The molecule has 1 N–H and O–H groups in total. The van der Waals surface area contributed by atoms with Crippen LogP contribution < -0.4 is 9.04 Å². The summed E-state index contributed by atoms with van der Waals surface area (Å²) in [4.78, 5) is 15.3. The summed E-state index contributed by atoms with van der Waals surface area (Å²) in [6.07, 6.45) is 1.15. The Bertz CT molecular complexity index is 947. The van der Waals surface area contributed by atoms with Gasteiger partial charge in [0.1, 0.15) is 12.3 Å². The van der Waals surface area contributed by atoms with Crippen LogP contribution in [0, 0.1) is 0 Å². The normalized spacial score (nSPS) is 14.5. The summed E-state index contributed by atoms with van der Waals surface area (Å²) in [5.41, 5.74) is 0.969. The van der Waals surface area contributed by atoms with E-state index in [1.54, 1.807) is 24.3 Å². The van der Waals surface area contributed by atoms with Crippen molar-refractivity contribution in [2.45, 2.75) is 31.1 Å². The molecule has 0 spiro atoms. The van der Waals surface area contributed by atoms with E-state index in [4.69, 9.17) is 9.84 Å². The number of ether oxygens (including phenoxy) is 1. The molecule has 138 valence electrons. The minimum Gasteiger partial charge on any atom is -0.478 e. The molecule has 0 bridgehead atoms. The number of aromatic carboxylic acids is 1. The minimum atomic E-state index is -3.86. The van der Waals surface area contributed by atoms with Crippen LogP contribution in [0.25, 0.3) is 0 Å². The molecule has 0 unspecified atom stereocenters. The number of pyridine rings is 1. The maximum Gasteiger partial charge on any atom is 0.337 e. The van der Waals surface area contributed by atoms with Crippen LogP contribution in [0.5, 0.6) is 5.88 Å². The minimum absolute atomic E-state index is 0.0844. The number of anilines is 1. The van der Waals surface area contributed by atoms with Crippen molar-refractivity contribution < 1.29 is 23.1 Å². The Labute approximate surface area is 152 Å². The van der Waals surface area contributed by atoms with Gasteiger partial charge in [-0.3, -0.25) is 4.31 Å². The molecular formula is C18H20N2O5S. The molecule has 1 aromatic carbocycles. The standard InChI is InChI=1S/C18H20N2O5S/c1-18(2,3)13-4-6-14(7-5-13)26(23,24)20-8-9-25-16-15(20)10-12(11-19-16)17(21)22/h4-7,10-11H,8-9H2,1-3H3,(H,21,22). The van der Waals surface area contributed by atoms with Crippen LogP contribution in [-0.4, -0.2) is 37.6 Å². The predicted molar refractivity (Wildman–Crippen MR) is 96.4 cm³/mol. The Hall–Kier alpha value is -2.61. The molecule has 8 heteroatoms. The van der Waals surface area contributed by atoms with Crippen molar-refractivity contribution in [3.63, 3.8) is 0 Å². The number of hydrogen-bond acceptors (Lipinski definition) is 5. The van der Waals surface area contributed by atoms with Crippen molar-refractivity contribution in [2.24, 2.45) is 0 Å². The van der Waals surface area contributed by atoms with Gasteiger partial charge >= 0.3 is 5.97 Å². The molecule has 26 heavy (non-hydrogen) atoms. The van der Waals surface area contributed by atoms with Crippen molar-refractivity contribution in [3.05, 3.63) is 47.7 Å². The number of benzene rings is 1. The summed E-state index contributed by atoms with van der Waals surface area (Å²) in [6.45, 7) is 6.38. The SMILES string of the molecule is CC(C)(C)c1ccc(S(=O)(=O)N2CCOc3ncc(C(=O)O)cc32)cc1. The third kappa shape index (κ3) is 3.24. The van der Waals surface area contributed by atoms with Crippen molar-refractivity contribution in [3.8, 4) is 5.88 Å². The third-order valence-electron chi connectivity index (χ3n) is 4.19. The lowest BCUT2D eigenvalue weighted by Gasteiger charge is -2.30. The monoisotopic (exact) mass is 376 g/mol. The fourth-order valence-corrected chi connectivity index (χ4v) is 4.14. The summed E-state index contributed by atoms with van der Waals surface area (Å²) >= 11 is 0. The molecule has 2 aromatic rings. The summed E-state index contributed by atoms with van der Waals surface area (Å²) in [5.74, 6) is -1.08. The Morgan fingerprint density at radius 2 is 1.88 bits per heavy atom. The quantitative estimate of drug-likeness (QED) is 0.885. The van der Waals surface area contributed by atoms with Gasteiger partial charge in [0.05, 0.1) is 17.0 Å². The Kier molecular flexibility index (Phi) is 4.39. The van der Waals surface area contributed by atoms with Crippen LogP contribution in [0.1, 0.15) is 36.7 Å². The molecule has 0 atom stereocenters. The Balaban J connectivity index is 2.04. The number of fused-ring (bicyclic) bond motifs is 1. The number of aromatic nitrogens is 1. The topological polar surface area (TPSA) is 96.8 Å². The van der Waals surface area contributed by atoms with Gasteiger partial charge in [-0.25, -0.2) is 18.2 Å². The lowest BCUT2D eigenvalue weighted by molar-refractivity contribution is 0.0696. The molecule has 7 nitrogen and oxygen atoms in total. The highest BCUT2D eigenvalue weighted by Crippen LogP contribution is 2.34. The zero-order valence-electron chi connectivity index (χ0n) is 14.8. The molecule has 0 radical (unpaired) electrons. The summed E-state index contributed by atoms with van der Waals surface area (Å²) in [7, 11) is -3.86. The smallest absolute Gasteiger partial charge is 0.337 e. The van der Waals surface area contributed by atoms with Crippen LogP contribution in [0.4, 0.5) is 5.69 Å². The first-order valence-corrected chi connectivity index (χ1v) is 9.54. The van der Waals surface area contributed by atoms with Crippen LogP contribution in [0.15, 0.2) is 41.4 Å². The highest BCUT2D eigenvalue weighted by Gasteiger charge is 2.32.